The number of piperidine rings is 1. The SMILES string of the molecule is Cc1cc(C)n(CC(=O)N2CCC(c3nc(C4=C[C@H](c5c(F)cccc5F)ON4)cs3)CC2)n1. The second kappa shape index (κ2) is 9.27. The molecule has 1 saturated heterocycles. The molecule has 1 N–H and O–H groups in total. The van der Waals surface area contributed by atoms with E-state index in [9.17, 15) is 13.6 Å². The summed E-state index contributed by atoms with van der Waals surface area (Å²) in [4.78, 5) is 24.8. The number of nitrogens with zero attached hydrogens (tertiary/aromatic N) is 4. The zero-order valence-corrected chi connectivity index (χ0v) is 19.7. The Hall–Kier alpha value is -3.11. The van der Waals surface area contributed by atoms with Gasteiger partial charge >= 0.3 is 0 Å². The topological polar surface area (TPSA) is 72.3 Å². The van der Waals surface area contributed by atoms with Crippen molar-refractivity contribution >= 4 is 22.9 Å². The van der Waals surface area contributed by atoms with Crippen molar-refractivity contribution < 1.29 is 18.4 Å². The molecule has 1 amide bonds. The van der Waals surface area contributed by atoms with Crippen LogP contribution in [0.5, 0.6) is 0 Å². The first-order valence-electron chi connectivity index (χ1n) is 11.2. The van der Waals surface area contributed by atoms with E-state index in [2.05, 4.69) is 10.6 Å². The summed E-state index contributed by atoms with van der Waals surface area (Å²) in [7, 11) is 0. The number of halogens is 2. The molecule has 1 atom stereocenters. The van der Waals surface area contributed by atoms with E-state index >= 15 is 0 Å². The van der Waals surface area contributed by atoms with Gasteiger partial charge in [-0.25, -0.2) is 13.8 Å². The Morgan fingerprint density at radius 3 is 2.65 bits per heavy atom. The predicted molar refractivity (Wildman–Crippen MR) is 124 cm³/mol. The van der Waals surface area contributed by atoms with Crippen molar-refractivity contribution in [2.75, 3.05) is 13.1 Å². The average Bonchev–Trinajstić information content (AvgIpc) is 3.54. The number of carbonyl (C=O) groups excluding carboxylic acids is 1. The molecule has 2 aliphatic heterocycles. The largest absolute Gasteiger partial charge is 0.341 e. The fourth-order valence-corrected chi connectivity index (χ4v) is 5.44. The molecule has 2 aliphatic rings. The smallest absolute Gasteiger partial charge is 0.244 e. The van der Waals surface area contributed by atoms with Crippen LogP contribution in [0.3, 0.4) is 0 Å². The van der Waals surface area contributed by atoms with Crippen LogP contribution in [0.1, 0.15) is 52.5 Å². The molecule has 178 valence electrons. The minimum Gasteiger partial charge on any atom is -0.341 e. The van der Waals surface area contributed by atoms with Crippen LogP contribution in [0.2, 0.25) is 0 Å². The highest BCUT2D eigenvalue weighted by Gasteiger charge is 2.29. The number of hydroxylamine groups is 1. The Bertz CT molecular complexity index is 1230. The van der Waals surface area contributed by atoms with Crippen LogP contribution in [0.15, 0.2) is 35.7 Å². The Morgan fingerprint density at radius 2 is 1.97 bits per heavy atom. The van der Waals surface area contributed by atoms with Gasteiger partial charge < -0.3 is 4.90 Å². The molecular weight excluding hydrogens is 460 g/mol. The van der Waals surface area contributed by atoms with Gasteiger partial charge in [0.25, 0.3) is 0 Å². The number of rotatable bonds is 5. The lowest BCUT2D eigenvalue weighted by atomic mass is 9.97. The molecule has 7 nitrogen and oxygen atoms in total. The van der Waals surface area contributed by atoms with Crippen molar-refractivity contribution in [2.45, 2.75) is 45.3 Å². The highest BCUT2D eigenvalue weighted by atomic mass is 32.1. The molecule has 10 heteroatoms. The molecule has 4 heterocycles. The fraction of sp³-hybridized carbons (Fsp3) is 0.375. The molecule has 1 fully saturated rings. The van der Waals surface area contributed by atoms with E-state index < -0.39 is 17.7 Å². The maximum atomic E-state index is 14.1. The summed E-state index contributed by atoms with van der Waals surface area (Å²) >= 11 is 1.55. The molecule has 0 radical (unpaired) electrons. The van der Waals surface area contributed by atoms with E-state index in [4.69, 9.17) is 9.82 Å². The van der Waals surface area contributed by atoms with Gasteiger partial charge in [-0.1, -0.05) is 6.07 Å². The van der Waals surface area contributed by atoms with Crippen LogP contribution in [0.4, 0.5) is 8.78 Å². The summed E-state index contributed by atoms with van der Waals surface area (Å²) in [6.07, 6.45) is 2.45. The first kappa shape index (κ1) is 22.7. The lowest BCUT2D eigenvalue weighted by molar-refractivity contribution is -0.133. The standard InChI is InChI=1S/C24H25F2N5O2S/c1-14-10-15(2)31(28-14)12-22(32)30-8-6-16(7-9-30)24-27-20(13-34-24)19-11-21(33-29-19)23-17(25)4-3-5-18(23)26/h3-5,10-11,13,16,21,29H,6-9,12H2,1-2H3/t21-/m1/s1. The minimum atomic E-state index is -0.863. The van der Waals surface area contributed by atoms with Crippen LogP contribution in [0, 0.1) is 25.5 Å². The third kappa shape index (κ3) is 4.47. The second-order valence-corrected chi connectivity index (χ2v) is 9.56. The third-order valence-electron chi connectivity index (χ3n) is 6.28. The summed E-state index contributed by atoms with van der Waals surface area (Å²) in [6.45, 7) is 5.49. The normalized spacial score (nSPS) is 18.8. The number of carbonyl (C=O) groups is 1. The van der Waals surface area contributed by atoms with E-state index in [1.165, 1.54) is 18.2 Å². The number of nitrogens with one attached hydrogen (secondary N) is 1. The zero-order chi connectivity index (χ0) is 23.8. The summed E-state index contributed by atoms with van der Waals surface area (Å²) < 4.78 is 29.9. The first-order valence-corrected chi connectivity index (χ1v) is 12.1. The van der Waals surface area contributed by atoms with Crippen LogP contribution >= 0.6 is 11.3 Å². The molecule has 0 aliphatic carbocycles. The van der Waals surface area contributed by atoms with E-state index in [1.807, 2.05) is 30.2 Å². The molecular formula is C24H25F2N5O2S. The summed E-state index contributed by atoms with van der Waals surface area (Å²) in [5, 5.41) is 7.28. The van der Waals surface area contributed by atoms with Gasteiger partial charge in [-0.2, -0.15) is 5.10 Å². The number of aryl methyl sites for hydroxylation is 2. The van der Waals surface area contributed by atoms with E-state index in [1.54, 1.807) is 22.1 Å². The van der Waals surface area contributed by atoms with Crippen LogP contribution in [0.25, 0.3) is 5.70 Å². The quantitative estimate of drug-likeness (QED) is 0.585. The molecule has 0 bridgehead atoms. The summed E-state index contributed by atoms with van der Waals surface area (Å²) in [5.41, 5.74) is 5.79. The van der Waals surface area contributed by atoms with Crippen molar-refractivity contribution in [3.8, 4) is 0 Å². The predicted octanol–water partition coefficient (Wildman–Crippen LogP) is 4.26. The monoisotopic (exact) mass is 485 g/mol. The number of benzene rings is 1. The van der Waals surface area contributed by atoms with Gasteiger partial charge in [-0.15, -0.1) is 11.3 Å². The molecule has 5 rings (SSSR count). The van der Waals surface area contributed by atoms with Crippen LogP contribution in [-0.4, -0.2) is 38.7 Å². The number of hydrogen-bond donors (Lipinski definition) is 1. The number of hydrogen-bond acceptors (Lipinski definition) is 6. The van der Waals surface area contributed by atoms with Gasteiger partial charge in [0.2, 0.25) is 5.91 Å². The molecule has 0 spiro atoms. The number of likely N-dealkylation sites (tertiary alicyclic amines) is 1. The maximum Gasteiger partial charge on any atom is 0.244 e. The Kier molecular flexibility index (Phi) is 6.18. The van der Waals surface area contributed by atoms with Crippen LogP contribution < -0.4 is 5.48 Å². The number of amides is 1. The van der Waals surface area contributed by atoms with Crippen molar-refractivity contribution in [3.05, 3.63) is 75.0 Å². The number of thiazole rings is 1. The van der Waals surface area contributed by atoms with E-state index in [0.29, 0.717) is 24.5 Å². The lowest BCUT2D eigenvalue weighted by Gasteiger charge is -2.31. The van der Waals surface area contributed by atoms with Crippen LogP contribution in [-0.2, 0) is 16.2 Å². The summed E-state index contributed by atoms with van der Waals surface area (Å²) in [5.74, 6) is -0.961. The van der Waals surface area contributed by atoms with Crippen molar-refractivity contribution in [3.63, 3.8) is 0 Å². The first-order chi connectivity index (χ1) is 16.4. The second-order valence-electron chi connectivity index (χ2n) is 8.67. The molecule has 0 unspecified atom stereocenters. The lowest BCUT2D eigenvalue weighted by Crippen LogP contribution is -2.40. The highest BCUT2D eigenvalue weighted by molar-refractivity contribution is 7.09. The Balaban J connectivity index is 1.21. The molecule has 2 aromatic heterocycles. The van der Waals surface area contributed by atoms with E-state index in [0.717, 1.165) is 29.2 Å². The fourth-order valence-electron chi connectivity index (χ4n) is 4.45. The van der Waals surface area contributed by atoms with Gasteiger partial charge in [0, 0.05) is 30.1 Å². The van der Waals surface area contributed by atoms with Crippen molar-refractivity contribution in [1.82, 2.24) is 25.1 Å². The van der Waals surface area contributed by atoms with Crippen molar-refractivity contribution in [1.29, 1.82) is 0 Å². The van der Waals surface area contributed by atoms with Gasteiger partial charge in [0.05, 0.1) is 27.7 Å². The Labute approximate surface area is 200 Å². The molecule has 1 aromatic carbocycles. The van der Waals surface area contributed by atoms with Gasteiger partial charge in [0.1, 0.15) is 24.3 Å². The Morgan fingerprint density at radius 1 is 1.24 bits per heavy atom. The molecule has 34 heavy (non-hydrogen) atoms. The van der Waals surface area contributed by atoms with E-state index in [-0.39, 0.29) is 23.9 Å². The average molecular weight is 486 g/mol. The van der Waals surface area contributed by atoms with Gasteiger partial charge in [-0.05, 0) is 51.0 Å². The van der Waals surface area contributed by atoms with Crippen molar-refractivity contribution in [2.24, 2.45) is 0 Å². The van der Waals surface area contributed by atoms with Gasteiger partial charge in [0.15, 0.2) is 0 Å². The third-order valence-corrected chi connectivity index (χ3v) is 7.29. The number of aromatic nitrogens is 3. The van der Waals surface area contributed by atoms with Gasteiger partial charge in [-0.3, -0.25) is 19.8 Å². The molecule has 3 aromatic rings. The zero-order valence-electron chi connectivity index (χ0n) is 18.9. The minimum absolute atomic E-state index is 0.0772. The molecule has 0 saturated carbocycles. The summed E-state index contributed by atoms with van der Waals surface area (Å²) in [6, 6.07) is 5.71. The highest BCUT2D eigenvalue weighted by Crippen LogP contribution is 2.35. The maximum absolute atomic E-state index is 14.1.